The van der Waals surface area contributed by atoms with Crippen LogP contribution in [0.3, 0.4) is 0 Å². The molecule has 0 spiro atoms. The molecule has 1 rings (SSSR count). The van der Waals surface area contributed by atoms with Crippen LogP contribution in [0, 0.1) is 11.5 Å². The van der Waals surface area contributed by atoms with Crippen molar-refractivity contribution in [1.82, 2.24) is 5.32 Å². The Labute approximate surface area is 123 Å². The van der Waals surface area contributed by atoms with Crippen molar-refractivity contribution in [2.75, 3.05) is 5.32 Å². The summed E-state index contributed by atoms with van der Waals surface area (Å²) in [6.07, 6.45) is -2.96. The van der Waals surface area contributed by atoms with Gasteiger partial charge in [0.25, 0.3) is 0 Å². The monoisotopic (exact) mass is 268 g/mol. The Morgan fingerprint density at radius 2 is 1.88 bits per heavy atom. The zero-order chi connectivity index (χ0) is 12.2. The van der Waals surface area contributed by atoms with Crippen LogP contribution >= 0.6 is 12.2 Å². The number of anilines is 1. The second kappa shape index (κ2) is 6.81. The van der Waals surface area contributed by atoms with Crippen molar-refractivity contribution in [2.45, 2.75) is 6.18 Å². The molecule has 0 fully saturated rings. The number of nitrogens with one attached hydrogen (secondary N) is 2. The molecular formula is C9H6F3N3NaS+. The maximum absolute atomic E-state index is 12.5. The standard InChI is InChI=1S/C9H6F3N3S.Na/c10-9(11,12)6-3-1-2-4-7(6)15-8(16)14-5-13;/h1-4H,(H2,14,15,16);/q;+1. The average Bonchev–Trinajstić information content (AvgIpc) is 2.17. The second-order valence-corrected chi connectivity index (χ2v) is 3.14. The van der Waals surface area contributed by atoms with Crippen LogP contribution in [-0.4, -0.2) is 5.11 Å². The summed E-state index contributed by atoms with van der Waals surface area (Å²) in [5.41, 5.74) is -1.03. The van der Waals surface area contributed by atoms with E-state index in [2.05, 4.69) is 17.5 Å². The minimum atomic E-state index is -4.47. The van der Waals surface area contributed by atoms with E-state index < -0.39 is 11.7 Å². The molecule has 0 atom stereocenters. The maximum atomic E-state index is 12.5. The molecule has 1 aromatic carbocycles. The fourth-order valence-corrected chi connectivity index (χ4v) is 1.20. The molecule has 17 heavy (non-hydrogen) atoms. The molecule has 0 unspecified atom stereocenters. The Morgan fingerprint density at radius 1 is 1.29 bits per heavy atom. The normalized spacial score (nSPS) is 9.76. The van der Waals surface area contributed by atoms with Crippen molar-refractivity contribution in [3.05, 3.63) is 29.8 Å². The van der Waals surface area contributed by atoms with Crippen LogP contribution < -0.4 is 40.2 Å². The first kappa shape index (κ1) is 16.2. The van der Waals surface area contributed by atoms with Gasteiger partial charge in [0.2, 0.25) is 0 Å². The predicted molar refractivity (Wildman–Crippen MR) is 56.4 cm³/mol. The summed E-state index contributed by atoms with van der Waals surface area (Å²) >= 11 is 4.61. The largest absolute Gasteiger partial charge is 1.00 e. The maximum Gasteiger partial charge on any atom is 1.00 e. The van der Waals surface area contributed by atoms with Crippen LogP contribution in [0.1, 0.15) is 5.56 Å². The number of nitriles is 1. The Bertz CT molecular complexity index is 442. The summed E-state index contributed by atoms with van der Waals surface area (Å²) in [6.45, 7) is 0. The minimum absolute atomic E-state index is 0. The van der Waals surface area contributed by atoms with Gasteiger partial charge < -0.3 is 5.32 Å². The molecule has 2 N–H and O–H groups in total. The van der Waals surface area contributed by atoms with E-state index in [0.29, 0.717) is 0 Å². The Morgan fingerprint density at radius 3 is 2.41 bits per heavy atom. The molecule has 0 radical (unpaired) electrons. The zero-order valence-corrected chi connectivity index (χ0v) is 11.6. The summed E-state index contributed by atoms with van der Waals surface area (Å²) in [4.78, 5) is 0. The molecule has 0 amide bonds. The van der Waals surface area contributed by atoms with E-state index in [1.54, 1.807) is 0 Å². The van der Waals surface area contributed by atoms with Gasteiger partial charge in [0, 0.05) is 0 Å². The van der Waals surface area contributed by atoms with Gasteiger partial charge >= 0.3 is 35.7 Å². The van der Waals surface area contributed by atoms with Crippen molar-refractivity contribution in [1.29, 1.82) is 5.26 Å². The molecule has 0 heterocycles. The number of halogens is 3. The third-order valence-electron chi connectivity index (χ3n) is 1.65. The van der Waals surface area contributed by atoms with E-state index in [0.717, 1.165) is 6.07 Å². The van der Waals surface area contributed by atoms with E-state index >= 15 is 0 Å². The van der Waals surface area contributed by atoms with Gasteiger partial charge in [0.15, 0.2) is 11.3 Å². The molecule has 3 nitrogen and oxygen atoms in total. The van der Waals surface area contributed by atoms with Crippen molar-refractivity contribution >= 4 is 23.0 Å². The first-order valence-electron chi connectivity index (χ1n) is 4.07. The fraction of sp³-hybridized carbons (Fsp3) is 0.111. The topological polar surface area (TPSA) is 47.9 Å². The first-order chi connectivity index (χ1) is 7.45. The van der Waals surface area contributed by atoms with Gasteiger partial charge in [-0.1, -0.05) is 12.1 Å². The summed E-state index contributed by atoms with van der Waals surface area (Å²) in [7, 11) is 0. The fourth-order valence-electron chi connectivity index (χ4n) is 1.04. The molecule has 84 valence electrons. The van der Waals surface area contributed by atoms with Gasteiger partial charge in [0.05, 0.1) is 11.3 Å². The molecule has 0 saturated heterocycles. The minimum Gasteiger partial charge on any atom is -0.331 e. The van der Waals surface area contributed by atoms with E-state index in [1.165, 1.54) is 24.4 Å². The molecule has 1 aromatic rings. The Kier molecular flexibility index (Phi) is 6.49. The van der Waals surface area contributed by atoms with Crippen LogP contribution in [-0.2, 0) is 6.18 Å². The SMILES string of the molecule is N#CNC(=S)Nc1ccccc1C(F)(F)F.[Na+]. The number of para-hydroxylation sites is 1. The summed E-state index contributed by atoms with van der Waals surface area (Å²) in [5.74, 6) is 0. The van der Waals surface area contributed by atoms with Crippen LogP contribution in [0.15, 0.2) is 24.3 Å². The molecule has 0 aromatic heterocycles. The predicted octanol–water partition coefficient (Wildman–Crippen LogP) is -0.523. The smallest absolute Gasteiger partial charge is 0.331 e. The molecule has 0 aliphatic heterocycles. The Balaban J connectivity index is 0.00000256. The summed E-state index contributed by atoms with van der Waals surface area (Å²) in [6, 6.07) is 4.87. The zero-order valence-electron chi connectivity index (χ0n) is 8.80. The van der Waals surface area contributed by atoms with Gasteiger partial charge in [0.1, 0.15) is 0 Å². The van der Waals surface area contributed by atoms with E-state index in [9.17, 15) is 13.2 Å². The number of rotatable bonds is 1. The van der Waals surface area contributed by atoms with E-state index in [1.807, 2.05) is 5.32 Å². The van der Waals surface area contributed by atoms with Gasteiger partial charge in [-0.05, 0) is 24.4 Å². The van der Waals surface area contributed by atoms with Gasteiger partial charge in [-0.2, -0.15) is 18.4 Å². The van der Waals surface area contributed by atoms with Crippen molar-refractivity contribution in [3.8, 4) is 6.19 Å². The number of thiocarbonyl (C=S) groups is 1. The van der Waals surface area contributed by atoms with Crippen molar-refractivity contribution in [3.63, 3.8) is 0 Å². The molecule has 8 heteroatoms. The van der Waals surface area contributed by atoms with Gasteiger partial charge in [-0.3, -0.25) is 5.32 Å². The number of hydrogen-bond acceptors (Lipinski definition) is 2. The third-order valence-corrected chi connectivity index (χ3v) is 1.85. The summed E-state index contributed by atoms with van der Waals surface area (Å²) in [5, 5.41) is 12.4. The van der Waals surface area contributed by atoms with Crippen molar-refractivity contribution < 1.29 is 42.7 Å². The molecule has 0 aliphatic rings. The van der Waals surface area contributed by atoms with E-state index in [-0.39, 0.29) is 40.4 Å². The average molecular weight is 268 g/mol. The molecule has 0 saturated carbocycles. The molecule has 0 aliphatic carbocycles. The van der Waals surface area contributed by atoms with Gasteiger partial charge in [-0.15, -0.1) is 0 Å². The van der Waals surface area contributed by atoms with Crippen LogP contribution in [0.25, 0.3) is 0 Å². The number of alkyl halides is 3. The number of nitrogens with zero attached hydrogens (tertiary/aromatic N) is 1. The van der Waals surface area contributed by atoms with Crippen LogP contribution in [0.4, 0.5) is 18.9 Å². The van der Waals surface area contributed by atoms with Crippen molar-refractivity contribution in [2.24, 2.45) is 0 Å². The number of hydrogen-bond donors (Lipinski definition) is 2. The third kappa shape index (κ3) is 4.91. The van der Waals surface area contributed by atoms with E-state index in [4.69, 9.17) is 5.26 Å². The second-order valence-electron chi connectivity index (χ2n) is 2.73. The van der Waals surface area contributed by atoms with Crippen LogP contribution in [0.2, 0.25) is 0 Å². The summed E-state index contributed by atoms with van der Waals surface area (Å²) < 4.78 is 37.5. The number of benzene rings is 1. The first-order valence-corrected chi connectivity index (χ1v) is 4.48. The Hall–Kier alpha value is -0.810. The van der Waals surface area contributed by atoms with Gasteiger partial charge in [-0.25, -0.2) is 0 Å². The molecule has 0 bridgehead atoms. The molecular weight excluding hydrogens is 262 g/mol. The quantitative estimate of drug-likeness (QED) is 0.311. The van der Waals surface area contributed by atoms with Crippen LogP contribution in [0.5, 0.6) is 0 Å².